The number of benzene rings is 1. The Balaban J connectivity index is 2.87. The van der Waals surface area contributed by atoms with Crippen LogP contribution in [0.2, 0.25) is 0 Å². The minimum Gasteiger partial charge on any atom is -0.506 e. The van der Waals surface area contributed by atoms with Crippen molar-refractivity contribution in [2.24, 2.45) is 0 Å². The Morgan fingerprint density at radius 2 is 2.23 bits per heavy atom. The fraction of sp³-hybridized carbons (Fsp3) is 0.111. The molecule has 0 unspecified atom stereocenters. The van der Waals surface area contributed by atoms with Gasteiger partial charge in [-0.05, 0) is 45.5 Å². The van der Waals surface area contributed by atoms with Crippen molar-refractivity contribution in [3.8, 4) is 5.75 Å². The van der Waals surface area contributed by atoms with E-state index in [9.17, 15) is 5.11 Å². The first kappa shape index (κ1) is 9.23. The van der Waals surface area contributed by atoms with Crippen molar-refractivity contribution < 1.29 is 10.2 Å². The van der Waals surface area contributed by atoms with Crippen LogP contribution in [0, 0.1) is 3.57 Å². The number of thiophene rings is 1. The molecule has 68 valence electrons. The van der Waals surface area contributed by atoms with Crippen LogP contribution in [-0.4, -0.2) is 10.2 Å². The van der Waals surface area contributed by atoms with E-state index < -0.39 is 0 Å². The molecule has 0 saturated carbocycles. The first-order valence-electron chi connectivity index (χ1n) is 3.72. The van der Waals surface area contributed by atoms with Crippen molar-refractivity contribution in [1.29, 1.82) is 0 Å². The van der Waals surface area contributed by atoms with E-state index in [0.717, 1.165) is 13.7 Å². The Hall–Kier alpha value is -0.330. The molecule has 0 bridgehead atoms. The van der Waals surface area contributed by atoms with Crippen LogP contribution in [0.1, 0.15) is 5.56 Å². The number of aliphatic hydroxyl groups is 1. The molecule has 2 aromatic rings. The summed E-state index contributed by atoms with van der Waals surface area (Å²) in [6.07, 6.45) is 0. The topological polar surface area (TPSA) is 40.5 Å². The molecule has 1 aromatic carbocycles. The van der Waals surface area contributed by atoms with Crippen molar-refractivity contribution in [2.75, 3.05) is 0 Å². The highest BCUT2D eigenvalue weighted by Gasteiger charge is 2.10. The quantitative estimate of drug-likeness (QED) is 0.795. The summed E-state index contributed by atoms with van der Waals surface area (Å²) in [4.78, 5) is 0. The van der Waals surface area contributed by atoms with E-state index in [4.69, 9.17) is 5.11 Å². The smallest absolute Gasteiger partial charge is 0.135 e. The van der Waals surface area contributed by atoms with Gasteiger partial charge in [0.25, 0.3) is 0 Å². The Morgan fingerprint density at radius 1 is 1.46 bits per heavy atom. The van der Waals surface area contributed by atoms with Crippen LogP contribution in [0.5, 0.6) is 5.75 Å². The summed E-state index contributed by atoms with van der Waals surface area (Å²) >= 11 is 3.60. The van der Waals surface area contributed by atoms with Gasteiger partial charge in [-0.1, -0.05) is 0 Å². The van der Waals surface area contributed by atoms with E-state index >= 15 is 0 Å². The molecule has 0 radical (unpaired) electrons. The highest BCUT2D eigenvalue weighted by molar-refractivity contribution is 14.1. The van der Waals surface area contributed by atoms with Gasteiger partial charge in [-0.25, -0.2) is 0 Å². The largest absolute Gasteiger partial charge is 0.506 e. The van der Waals surface area contributed by atoms with Gasteiger partial charge in [-0.2, -0.15) is 0 Å². The fourth-order valence-corrected chi connectivity index (χ4v) is 2.86. The van der Waals surface area contributed by atoms with E-state index in [-0.39, 0.29) is 12.4 Å². The van der Waals surface area contributed by atoms with Gasteiger partial charge in [0.2, 0.25) is 0 Å². The molecule has 0 aliphatic rings. The lowest BCUT2D eigenvalue weighted by Crippen LogP contribution is -1.87. The van der Waals surface area contributed by atoms with Gasteiger partial charge in [0, 0.05) is 10.3 Å². The van der Waals surface area contributed by atoms with Gasteiger partial charge in [0.05, 0.1) is 10.2 Å². The number of rotatable bonds is 1. The zero-order valence-corrected chi connectivity index (χ0v) is 9.59. The second-order valence-corrected chi connectivity index (χ2v) is 4.76. The van der Waals surface area contributed by atoms with Gasteiger partial charge < -0.3 is 10.2 Å². The van der Waals surface area contributed by atoms with E-state index in [1.165, 1.54) is 11.3 Å². The lowest BCUT2D eigenvalue weighted by atomic mass is 10.1. The standard InChI is InChI=1S/C9H7IO2S/c10-7-3-5-1-2-13-9(5)6(4-11)8(7)12/h1-3,11-12H,4H2. The summed E-state index contributed by atoms with van der Waals surface area (Å²) in [6.45, 7) is -0.111. The summed E-state index contributed by atoms with van der Waals surface area (Å²) in [7, 11) is 0. The molecule has 0 aliphatic heterocycles. The van der Waals surface area contributed by atoms with Crippen molar-refractivity contribution in [2.45, 2.75) is 6.61 Å². The molecule has 0 amide bonds. The van der Waals surface area contributed by atoms with Gasteiger partial charge in [-0.15, -0.1) is 11.3 Å². The number of aromatic hydroxyl groups is 1. The van der Waals surface area contributed by atoms with Gasteiger partial charge in [-0.3, -0.25) is 0 Å². The number of aliphatic hydroxyl groups excluding tert-OH is 1. The summed E-state index contributed by atoms with van der Waals surface area (Å²) in [5.74, 6) is 0.207. The van der Waals surface area contributed by atoms with Crippen molar-refractivity contribution >= 4 is 44.0 Å². The summed E-state index contributed by atoms with van der Waals surface area (Å²) in [5, 5.41) is 21.8. The fourth-order valence-electron chi connectivity index (χ4n) is 1.28. The Kier molecular flexibility index (Phi) is 2.44. The number of phenols is 1. The molecule has 1 heterocycles. The van der Waals surface area contributed by atoms with E-state index in [0.29, 0.717) is 5.56 Å². The highest BCUT2D eigenvalue weighted by atomic mass is 127. The van der Waals surface area contributed by atoms with Crippen LogP contribution < -0.4 is 0 Å². The first-order chi connectivity index (χ1) is 6.24. The first-order valence-corrected chi connectivity index (χ1v) is 5.68. The molecule has 0 spiro atoms. The predicted molar refractivity (Wildman–Crippen MR) is 62.1 cm³/mol. The monoisotopic (exact) mass is 306 g/mol. The van der Waals surface area contributed by atoms with Crippen molar-refractivity contribution in [1.82, 2.24) is 0 Å². The van der Waals surface area contributed by atoms with Crippen LogP contribution in [0.4, 0.5) is 0 Å². The molecule has 4 heteroatoms. The molecule has 0 saturated heterocycles. The molecular formula is C9H7IO2S. The van der Waals surface area contributed by atoms with Crippen LogP contribution in [0.15, 0.2) is 17.5 Å². The Bertz CT molecular complexity index is 450. The minimum atomic E-state index is -0.111. The predicted octanol–water partition coefficient (Wildman–Crippen LogP) is 2.70. The minimum absolute atomic E-state index is 0.111. The molecule has 2 N–H and O–H groups in total. The second-order valence-electron chi connectivity index (χ2n) is 2.68. The maximum absolute atomic E-state index is 9.65. The summed E-state index contributed by atoms with van der Waals surface area (Å²) in [5.41, 5.74) is 0.636. The normalized spacial score (nSPS) is 10.9. The number of fused-ring (bicyclic) bond motifs is 1. The molecule has 0 atom stereocenters. The average Bonchev–Trinajstić information content (AvgIpc) is 2.54. The zero-order valence-electron chi connectivity index (χ0n) is 6.62. The summed E-state index contributed by atoms with van der Waals surface area (Å²) in [6, 6.07) is 3.90. The Labute approximate surface area is 93.0 Å². The van der Waals surface area contributed by atoms with E-state index in [2.05, 4.69) is 22.6 Å². The van der Waals surface area contributed by atoms with Crippen molar-refractivity contribution in [3.63, 3.8) is 0 Å². The maximum atomic E-state index is 9.65. The number of hydrogen-bond acceptors (Lipinski definition) is 3. The van der Waals surface area contributed by atoms with E-state index in [1.807, 2.05) is 17.5 Å². The molecule has 13 heavy (non-hydrogen) atoms. The van der Waals surface area contributed by atoms with E-state index in [1.54, 1.807) is 0 Å². The third kappa shape index (κ3) is 1.43. The van der Waals surface area contributed by atoms with Crippen LogP contribution >= 0.6 is 33.9 Å². The summed E-state index contributed by atoms with van der Waals surface area (Å²) < 4.78 is 1.76. The lowest BCUT2D eigenvalue weighted by molar-refractivity contribution is 0.277. The Morgan fingerprint density at radius 3 is 2.92 bits per heavy atom. The molecule has 2 rings (SSSR count). The number of halogens is 1. The second kappa shape index (κ2) is 3.43. The molecule has 0 aliphatic carbocycles. The molecular weight excluding hydrogens is 299 g/mol. The van der Waals surface area contributed by atoms with Crippen LogP contribution in [0.3, 0.4) is 0 Å². The average molecular weight is 306 g/mol. The molecule has 1 aromatic heterocycles. The lowest BCUT2D eigenvalue weighted by Gasteiger charge is -2.04. The van der Waals surface area contributed by atoms with Gasteiger partial charge in [0.1, 0.15) is 5.75 Å². The molecule has 0 fully saturated rings. The maximum Gasteiger partial charge on any atom is 0.135 e. The van der Waals surface area contributed by atoms with Gasteiger partial charge in [0.15, 0.2) is 0 Å². The van der Waals surface area contributed by atoms with Crippen LogP contribution in [-0.2, 0) is 6.61 Å². The molecule has 2 nitrogen and oxygen atoms in total. The van der Waals surface area contributed by atoms with Crippen LogP contribution in [0.25, 0.3) is 10.1 Å². The van der Waals surface area contributed by atoms with Crippen molar-refractivity contribution in [3.05, 3.63) is 26.6 Å². The van der Waals surface area contributed by atoms with Gasteiger partial charge >= 0.3 is 0 Å². The highest BCUT2D eigenvalue weighted by Crippen LogP contribution is 2.35. The number of hydrogen-bond donors (Lipinski definition) is 2. The SMILES string of the molecule is OCc1c(O)c(I)cc2ccsc12. The zero-order chi connectivity index (χ0) is 9.42. The third-order valence-corrected chi connectivity index (χ3v) is 3.73. The third-order valence-electron chi connectivity index (χ3n) is 1.92.